The minimum Gasteiger partial charge on any atom is -0.476 e. The van der Waals surface area contributed by atoms with Crippen LogP contribution < -0.4 is 14.8 Å². The van der Waals surface area contributed by atoms with Gasteiger partial charge >= 0.3 is 5.97 Å². The molecule has 0 saturated carbocycles. The number of hydrogen-bond donors (Lipinski definition) is 3. The number of ether oxygens (including phenoxy) is 1. The fourth-order valence-electron chi connectivity index (χ4n) is 3.49. The van der Waals surface area contributed by atoms with Gasteiger partial charge in [0.25, 0.3) is 5.91 Å². The van der Waals surface area contributed by atoms with E-state index in [4.69, 9.17) is 9.15 Å². The van der Waals surface area contributed by atoms with Gasteiger partial charge in [0.15, 0.2) is 11.5 Å². The molecule has 198 valence electrons. The Morgan fingerprint density at radius 2 is 1.95 bits per heavy atom. The Hall–Kier alpha value is -4.49. The molecule has 1 amide bonds. The van der Waals surface area contributed by atoms with Crippen molar-refractivity contribution in [1.29, 1.82) is 0 Å². The summed E-state index contributed by atoms with van der Waals surface area (Å²) in [6, 6.07) is 12.1. The Morgan fingerprint density at radius 1 is 1.16 bits per heavy atom. The van der Waals surface area contributed by atoms with Gasteiger partial charge in [0.05, 0.1) is 12.0 Å². The lowest BCUT2D eigenvalue weighted by Gasteiger charge is -2.16. The molecule has 0 aliphatic carbocycles. The van der Waals surface area contributed by atoms with Crippen molar-refractivity contribution in [2.75, 3.05) is 11.9 Å². The molecular formula is C25H23FN4O7S. The number of hydrogen-bond acceptors (Lipinski definition) is 7. The van der Waals surface area contributed by atoms with Crippen LogP contribution in [0.3, 0.4) is 0 Å². The summed E-state index contributed by atoms with van der Waals surface area (Å²) in [6.45, 7) is 3.35. The fraction of sp³-hybridized carbons (Fsp3) is 0.160. The van der Waals surface area contributed by atoms with Crippen LogP contribution in [-0.2, 0) is 10.0 Å². The number of amides is 1. The van der Waals surface area contributed by atoms with E-state index in [1.807, 2.05) is 0 Å². The predicted molar refractivity (Wildman–Crippen MR) is 134 cm³/mol. The molecule has 0 bridgehead atoms. The van der Waals surface area contributed by atoms with Crippen LogP contribution in [0.4, 0.5) is 10.1 Å². The number of nitrogens with zero attached hydrogens (tertiary/aromatic N) is 2. The number of benzene rings is 2. The van der Waals surface area contributed by atoms with Crippen LogP contribution in [0.1, 0.15) is 40.0 Å². The summed E-state index contributed by atoms with van der Waals surface area (Å²) < 4.78 is 54.8. The summed E-state index contributed by atoms with van der Waals surface area (Å²) in [5.41, 5.74) is 0.0191. The Balaban J connectivity index is 1.81. The number of sulfonamides is 1. The van der Waals surface area contributed by atoms with Crippen LogP contribution in [0.25, 0.3) is 5.69 Å². The zero-order valence-electron chi connectivity index (χ0n) is 20.3. The second-order valence-electron chi connectivity index (χ2n) is 8.07. The number of halogens is 1. The third-order valence-corrected chi connectivity index (χ3v) is 6.79. The maximum atomic E-state index is 13.9. The maximum absolute atomic E-state index is 13.9. The van der Waals surface area contributed by atoms with Crippen LogP contribution in [0, 0.1) is 12.7 Å². The maximum Gasteiger partial charge on any atom is 0.356 e. The SMILES string of the molecule is CCCNS(=O)(=O)c1cc(NC(=O)c2ccco2)ccc1Oc1c(C)c(C(=O)O)nn1-c1cccc(F)c1. The van der Waals surface area contributed by atoms with E-state index in [0.29, 0.717) is 6.42 Å². The van der Waals surface area contributed by atoms with Crippen molar-refractivity contribution in [2.45, 2.75) is 25.2 Å². The number of nitrogens with one attached hydrogen (secondary N) is 2. The van der Waals surface area contributed by atoms with E-state index in [1.165, 1.54) is 61.7 Å². The van der Waals surface area contributed by atoms with Gasteiger partial charge in [0.2, 0.25) is 15.9 Å². The molecule has 2 aromatic heterocycles. The summed E-state index contributed by atoms with van der Waals surface area (Å²) in [5, 5.41) is 16.2. The lowest BCUT2D eigenvalue weighted by molar-refractivity contribution is 0.0689. The van der Waals surface area contributed by atoms with Gasteiger partial charge in [0.1, 0.15) is 16.5 Å². The largest absolute Gasteiger partial charge is 0.476 e. The quantitative estimate of drug-likeness (QED) is 0.267. The van der Waals surface area contributed by atoms with Crippen LogP contribution in [0.15, 0.2) is 70.2 Å². The first-order chi connectivity index (χ1) is 18.1. The van der Waals surface area contributed by atoms with Gasteiger partial charge in [-0.2, -0.15) is 9.78 Å². The third kappa shape index (κ3) is 5.58. The number of furan rings is 1. The number of rotatable bonds is 10. The minimum atomic E-state index is -4.15. The van der Waals surface area contributed by atoms with Crippen molar-refractivity contribution < 1.29 is 36.7 Å². The van der Waals surface area contributed by atoms with Crippen molar-refractivity contribution in [3.8, 4) is 17.3 Å². The molecule has 0 fully saturated rings. The van der Waals surface area contributed by atoms with E-state index in [1.54, 1.807) is 6.92 Å². The molecule has 38 heavy (non-hydrogen) atoms. The zero-order chi connectivity index (χ0) is 27.4. The van der Waals surface area contributed by atoms with Crippen molar-refractivity contribution in [3.05, 3.63) is 83.7 Å². The van der Waals surface area contributed by atoms with E-state index in [9.17, 15) is 27.5 Å². The summed E-state index contributed by atoms with van der Waals surface area (Å²) in [4.78, 5) is 23.9. The summed E-state index contributed by atoms with van der Waals surface area (Å²) in [6.07, 6.45) is 1.84. The van der Waals surface area contributed by atoms with Gasteiger partial charge in [-0.1, -0.05) is 13.0 Å². The number of aromatic carboxylic acids is 1. The van der Waals surface area contributed by atoms with E-state index in [-0.39, 0.29) is 51.5 Å². The second-order valence-corrected chi connectivity index (χ2v) is 9.80. The summed E-state index contributed by atoms with van der Waals surface area (Å²) >= 11 is 0. The highest BCUT2D eigenvalue weighted by molar-refractivity contribution is 7.89. The van der Waals surface area contributed by atoms with E-state index in [2.05, 4.69) is 15.1 Å². The van der Waals surface area contributed by atoms with E-state index in [0.717, 1.165) is 10.7 Å². The second kappa shape index (κ2) is 10.9. The zero-order valence-corrected chi connectivity index (χ0v) is 21.1. The summed E-state index contributed by atoms with van der Waals surface area (Å²) in [5.74, 6) is -2.83. The Bertz CT molecular complexity index is 1600. The van der Waals surface area contributed by atoms with Gasteiger partial charge in [-0.15, -0.1) is 0 Å². The molecule has 4 aromatic rings. The van der Waals surface area contributed by atoms with E-state index >= 15 is 0 Å². The van der Waals surface area contributed by atoms with Crippen molar-refractivity contribution in [1.82, 2.24) is 14.5 Å². The predicted octanol–water partition coefficient (Wildman–Crippen LogP) is 4.34. The monoisotopic (exact) mass is 542 g/mol. The fourth-order valence-corrected chi connectivity index (χ4v) is 4.77. The van der Waals surface area contributed by atoms with Gasteiger partial charge in [-0.3, -0.25) is 4.79 Å². The molecule has 0 radical (unpaired) electrons. The smallest absolute Gasteiger partial charge is 0.356 e. The van der Waals surface area contributed by atoms with Crippen LogP contribution >= 0.6 is 0 Å². The average molecular weight is 543 g/mol. The molecule has 4 rings (SSSR count). The van der Waals surface area contributed by atoms with E-state index < -0.39 is 27.7 Å². The van der Waals surface area contributed by atoms with Crippen molar-refractivity contribution in [2.24, 2.45) is 0 Å². The normalized spacial score (nSPS) is 11.3. The Labute approximate surface area is 216 Å². The molecule has 0 aliphatic rings. The van der Waals surface area contributed by atoms with Gasteiger partial charge < -0.3 is 19.6 Å². The van der Waals surface area contributed by atoms with Crippen LogP contribution in [-0.4, -0.2) is 41.7 Å². The van der Waals surface area contributed by atoms with Crippen molar-refractivity contribution >= 4 is 27.6 Å². The van der Waals surface area contributed by atoms with Crippen LogP contribution in [0.2, 0.25) is 0 Å². The lowest BCUT2D eigenvalue weighted by atomic mass is 10.2. The molecule has 13 heteroatoms. The number of anilines is 1. The third-order valence-electron chi connectivity index (χ3n) is 5.31. The number of carbonyl (C=O) groups excluding carboxylic acids is 1. The number of carboxylic acid groups (broad SMARTS) is 1. The molecule has 2 aromatic carbocycles. The highest BCUT2D eigenvalue weighted by atomic mass is 32.2. The first kappa shape index (κ1) is 26.6. The molecule has 3 N–H and O–H groups in total. The molecular weight excluding hydrogens is 519 g/mol. The first-order valence-corrected chi connectivity index (χ1v) is 12.8. The number of carboxylic acids is 1. The Morgan fingerprint density at radius 3 is 2.61 bits per heavy atom. The molecule has 0 spiro atoms. The molecule has 11 nitrogen and oxygen atoms in total. The van der Waals surface area contributed by atoms with Gasteiger partial charge in [-0.05, 0) is 61.9 Å². The Kier molecular flexibility index (Phi) is 7.60. The number of carbonyl (C=O) groups is 2. The topological polar surface area (TPSA) is 153 Å². The standard InChI is InChI=1S/C25H23FN4O7S/c1-3-11-27-38(34,35)21-14-17(28-23(31)20-8-5-12-36-20)9-10-19(21)37-24-15(2)22(25(32)33)29-30(24)18-7-4-6-16(26)13-18/h4-10,12-14,27H,3,11H2,1-2H3,(H,28,31)(H,32,33). The highest BCUT2D eigenvalue weighted by Crippen LogP contribution is 2.35. The number of aromatic nitrogens is 2. The van der Waals surface area contributed by atoms with Gasteiger partial charge in [0, 0.05) is 17.8 Å². The van der Waals surface area contributed by atoms with Gasteiger partial charge in [-0.25, -0.2) is 22.3 Å². The molecule has 2 heterocycles. The lowest BCUT2D eigenvalue weighted by Crippen LogP contribution is -2.25. The van der Waals surface area contributed by atoms with Crippen molar-refractivity contribution in [3.63, 3.8) is 0 Å². The molecule has 0 atom stereocenters. The highest BCUT2D eigenvalue weighted by Gasteiger charge is 2.26. The minimum absolute atomic E-state index is 0.0228. The molecule has 0 unspecified atom stereocenters. The average Bonchev–Trinajstić information content (AvgIpc) is 3.53. The molecule has 0 aliphatic heterocycles. The summed E-state index contributed by atoms with van der Waals surface area (Å²) in [7, 11) is -4.15. The van der Waals surface area contributed by atoms with Crippen LogP contribution in [0.5, 0.6) is 11.6 Å². The first-order valence-electron chi connectivity index (χ1n) is 11.4. The molecule has 0 saturated heterocycles.